The average molecular weight is 508 g/mol. The van der Waals surface area contributed by atoms with Crippen LogP contribution in [-0.2, 0) is 23.9 Å². The van der Waals surface area contributed by atoms with E-state index >= 15 is 0 Å². The van der Waals surface area contributed by atoms with Crippen molar-refractivity contribution in [1.82, 2.24) is 26.2 Å². The van der Waals surface area contributed by atoms with Crippen LogP contribution in [0.2, 0.25) is 0 Å². The second kappa shape index (κ2) is 13.6. The van der Waals surface area contributed by atoms with Gasteiger partial charge in [0.2, 0.25) is 17.6 Å². The number of morpholine rings is 1. The molecule has 2 heterocycles. The topological polar surface area (TPSA) is 146 Å². The van der Waals surface area contributed by atoms with Gasteiger partial charge in [0.25, 0.3) is 5.91 Å². The molecule has 5 amide bonds. The van der Waals surface area contributed by atoms with Gasteiger partial charge in [-0.1, -0.05) is 39.0 Å². The Bertz CT molecular complexity index is 807. The monoisotopic (exact) mass is 507 g/mol. The number of ether oxygens (including phenoxy) is 1. The zero-order valence-electron chi connectivity index (χ0n) is 21.4. The van der Waals surface area contributed by atoms with Crippen molar-refractivity contribution in [2.24, 2.45) is 0 Å². The van der Waals surface area contributed by atoms with Crippen molar-refractivity contribution in [3.63, 3.8) is 0 Å². The molecule has 4 N–H and O–H groups in total. The lowest BCUT2D eigenvalue weighted by atomic mass is 9.80. The number of hydrogen-bond acceptors (Lipinski definition) is 6. The van der Waals surface area contributed by atoms with Crippen molar-refractivity contribution in [1.29, 1.82) is 0 Å². The first kappa shape index (κ1) is 27.9. The number of urea groups is 1. The molecule has 2 saturated heterocycles. The Balaban J connectivity index is 1.70. The number of nitrogens with zero attached hydrogens (tertiary/aromatic N) is 1. The fraction of sp³-hybridized carbons (Fsp3) is 0.800. The maximum Gasteiger partial charge on any atom is 0.318 e. The first-order valence-electron chi connectivity index (χ1n) is 13.4. The summed E-state index contributed by atoms with van der Waals surface area (Å²) in [5.74, 6) is -2.36. The molecule has 11 heteroatoms. The van der Waals surface area contributed by atoms with Crippen molar-refractivity contribution in [3.05, 3.63) is 0 Å². The Morgan fingerprint density at radius 2 is 1.81 bits per heavy atom. The Kier molecular flexibility index (Phi) is 10.5. The summed E-state index contributed by atoms with van der Waals surface area (Å²) in [6.45, 7) is 4.33. The van der Waals surface area contributed by atoms with Crippen molar-refractivity contribution in [2.45, 2.75) is 95.2 Å². The molecule has 36 heavy (non-hydrogen) atoms. The van der Waals surface area contributed by atoms with Gasteiger partial charge in [0.15, 0.2) is 0 Å². The molecular weight excluding hydrogens is 466 g/mol. The van der Waals surface area contributed by atoms with Gasteiger partial charge in [-0.3, -0.25) is 19.2 Å². The van der Waals surface area contributed by atoms with Crippen LogP contribution in [0.25, 0.3) is 0 Å². The van der Waals surface area contributed by atoms with E-state index in [0.717, 1.165) is 38.5 Å². The Morgan fingerprint density at radius 3 is 2.50 bits per heavy atom. The highest BCUT2D eigenvalue weighted by Gasteiger charge is 2.43. The quantitative estimate of drug-likeness (QED) is 0.339. The van der Waals surface area contributed by atoms with Crippen molar-refractivity contribution in [3.8, 4) is 0 Å². The maximum atomic E-state index is 13.6. The number of carbonyl (C=O) groups is 5. The van der Waals surface area contributed by atoms with Crippen LogP contribution in [0.3, 0.4) is 0 Å². The zero-order chi connectivity index (χ0) is 26.0. The summed E-state index contributed by atoms with van der Waals surface area (Å²) in [5.41, 5.74) is -1.13. The molecule has 0 aromatic rings. The fourth-order valence-corrected chi connectivity index (χ4v) is 5.05. The second-order valence-electron chi connectivity index (χ2n) is 10.0. The molecule has 1 aliphatic carbocycles. The summed E-state index contributed by atoms with van der Waals surface area (Å²) < 4.78 is 5.32. The molecule has 0 bridgehead atoms. The lowest BCUT2D eigenvalue weighted by Crippen LogP contribution is -2.65. The average Bonchev–Trinajstić information content (AvgIpc) is 3.10. The SMILES string of the molecule is CCCC[C@H](NC(=O)C1(NC(=O)N2CCOCC2)CCCCC1)C(=O)C(=O)N[C@H]1CCCCNC1=O. The Morgan fingerprint density at radius 1 is 1.08 bits per heavy atom. The van der Waals surface area contributed by atoms with E-state index in [1.54, 1.807) is 4.90 Å². The van der Waals surface area contributed by atoms with E-state index in [1.807, 2.05) is 6.92 Å². The van der Waals surface area contributed by atoms with Gasteiger partial charge in [-0.25, -0.2) is 4.79 Å². The Labute approximate surface area is 212 Å². The lowest BCUT2D eigenvalue weighted by molar-refractivity contribution is -0.142. The fourth-order valence-electron chi connectivity index (χ4n) is 5.05. The molecule has 11 nitrogen and oxygen atoms in total. The highest BCUT2D eigenvalue weighted by atomic mass is 16.5. The van der Waals surface area contributed by atoms with Crippen LogP contribution < -0.4 is 21.3 Å². The molecular formula is C25H41N5O6. The van der Waals surface area contributed by atoms with Gasteiger partial charge in [-0.2, -0.15) is 0 Å². The van der Waals surface area contributed by atoms with Crippen LogP contribution in [0.4, 0.5) is 4.79 Å². The van der Waals surface area contributed by atoms with E-state index in [-0.39, 0.29) is 11.9 Å². The molecule has 0 aromatic carbocycles. The molecule has 2 aliphatic heterocycles. The summed E-state index contributed by atoms with van der Waals surface area (Å²) >= 11 is 0. The summed E-state index contributed by atoms with van der Waals surface area (Å²) in [6.07, 6.45) is 7.24. The van der Waals surface area contributed by atoms with Gasteiger partial charge in [-0.05, 0) is 38.5 Å². The number of amides is 5. The summed E-state index contributed by atoms with van der Waals surface area (Å²) in [6, 6.07) is -2.10. The van der Waals surface area contributed by atoms with Crippen LogP contribution in [0, 0.1) is 0 Å². The minimum absolute atomic E-state index is 0.297. The summed E-state index contributed by atoms with van der Waals surface area (Å²) in [7, 11) is 0. The van der Waals surface area contributed by atoms with Gasteiger partial charge in [0.05, 0.1) is 19.3 Å². The molecule has 0 spiro atoms. The lowest BCUT2D eigenvalue weighted by Gasteiger charge is -2.39. The van der Waals surface area contributed by atoms with Crippen LogP contribution in [0.15, 0.2) is 0 Å². The molecule has 0 unspecified atom stereocenters. The number of ketones is 1. The number of rotatable bonds is 9. The summed E-state index contributed by atoms with van der Waals surface area (Å²) in [5, 5.41) is 11.1. The molecule has 3 fully saturated rings. The molecule has 3 aliphatic rings. The predicted octanol–water partition coefficient (Wildman–Crippen LogP) is 0.760. The molecule has 3 rings (SSSR count). The van der Waals surface area contributed by atoms with Crippen LogP contribution >= 0.6 is 0 Å². The zero-order valence-corrected chi connectivity index (χ0v) is 21.4. The van der Waals surface area contributed by atoms with Gasteiger partial charge < -0.3 is 30.9 Å². The first-order chi connectivity index (χ1) is 17.4. The molecule has 0 aromatic heterocycles. The number of Topliss-reactive ketones (excluding diaryl/α,β-unsaturated/α-hetero) is 1. The van der Waals surface area contributed by atoms with E-state index in [2.05, 4.69) is 21.3 Å². The largest absolute Gasteiger partial charge is 0.378 e. The van der Waals surface area contributed by atoms with Crippen LogP contribution in [0.5, 0.6) is 0 Å². The van der Waals surface area contributed by atoms with E-state index in [9.17, 15) is 24.0 Å². The van der Waals surface area contributed by atoms with Crippen molar-refractivity contribution >= 4 is 29.5 Å². The number of nitrogens with one attached hydrogen (secondary N) is 4. The minimum Gasteiger partial charge on any atom is -0.378 e. The highest BCUT2D eigenvalue weighted by Crippen LogP contribution is 2.29. The second-order valence-corrected chi connectivity index (χ2v) is 10.0. The van der Waals surface area contributed by atoms with E-state index < -0.39 is 35.2 Å². The van der Waals surface area contributed by atoms with E-state index in [1.165, 1.54) is 0 Å². The minimum atomic E-state index is -1.13. The smallest absolute Gasteiger partial charge is 0.318 e. The van der Waals surface area contributed by atoms with Crippen molar-refractivity contribution < 1.29 is 28.7 Å². The highest BCUT2D eigenvalue weighted by molar-refractivity contribution is 6.38. The third-order valence-electron chi connectivity index (χ3n) is 7.32. The molecule has 202 valence electrons. The standard InChI is InChI=1S/C25H41N5O6/c1-2-3-9-18(20(31)22(33)27-19-10-5-8-13-26-21(19)32)28-23(34)25(11-6-4-7-12-25)29-24(35)30-14-16-36-17-15-30/h18-19H,2-17H2,1H3,(H,26,32)(H,27,33)(H,28,34)(H,29,35)/t18-,19-/m0/s1. The number of carbonyl (C=O) groups excluding carboxylic acids is 5. The van der Waals surface area contributed by atoms with Gasteiger partial charge in [-0.15, -0.1) is 0 Å². The van der Waals surface area contributed by atoms with Gasteiger partial charge >= 0.3 is 6.03 Å². The third-order valence-corrected chi connectivity index (χ3v) is 7.32. The number of hydrogen-bond donors (Lipinski definition) is 4. The molecule has 0 radical (unpaired) electrons. The number of unbranched alkanes of at least 4 members (excludes halogenated alkanes) is 1. The molecule has 1 saturated carbocycles. The normalized spacial score (nSPS) is 23.0. The van der Waals surface area contributed by atoms with Crippen LogP contribution in [0.1, 0.15) is 77.6 Å². The molecule has 2 atom stereocenters. The van der Waals surface area contributed by atoms with E-state index in [0.29, 0.717) is 65.0 Å². The van der Waals surface area contributed by atoms with Crippen molar-refractivity contribution in [2.75, 3.05) is 32.8 Å². The Hall–Kier alpha value is -2.69. The predicted molar refractivity (Wildman–Crippen MR) is 132 cm³/mol. The van der Waals surface area contributed by atoms with Gasteiger partial charge in [0.1, 0.15) is 11.6 Å². The summed E-state index contributed by atoms with van der Waals surface area (Å²) in [4.78, 5) is 66.4. The first-order valence-corrected chi connectivity index (χ1v) is 13.4. The van der Waals surface area contributed by atoms with E-state index in [4.69, 9.17) is 4.74 Å². The van der Waals surface area contributed by atoms with Gasteiger partial charge in [0, 0.05) is 19.6 Å². The third kappa shape index (κ3) is 7.41. The van der Waals surface area contributed by atoms with Crippen LogP contribution in [-0.4, -0.2) is 84.9 Å². The maximum absolute atomic E-state index is 13.6.